The SMILES string of the molecule is NCc1nc(CCc2cccc(Cl)c2)n[nH]1. The molecule has 0 atom stereocenters. The Hall–Kier alpha value is -1.39. The lowest BCUT2D eigenvalue weighted by molar-refractivity contribution is 0.865. The van der Waals surface area contributed by atoms with Crippen LogP contribution in [0.1, 0.15) is 17.2 Å². The Labute approximate surface area is 98.8 Å². The zero-order valence-corrected chi connectivity index (χ0v) is 9.54. The molecular formula is C11H13ClN4. The highest BCUT2D eigenvalue weighted by Gasteiger charge is 2.02. The molecule has 0 amide bonds. The molecule has 0 saturated carbocycles. The van der Waals surface area contributed by atoms with Gasteiger partial charge in [0.05, 0.1) is 6.54 Å². The number of nitrogens with zero attached hydrogens (tertiary/aromatic N) is 2. The van der Waals surface area contributed by atoms with Crippen LogP contribution in [0.3, 0.4) is 0 Å². The van der Waals surface area contributed by atoms with Gasteiger partial charge in [0.1, 0.15) is 5.82 Å². The molecule has 5 heteroatoms. The fourth-order valence-electron chi connectivity index (χ4n) is 1.49. The van der Waals surface area contributed by atoms with E-state index < -0.39 is 0 Å². The molecule has 0 aliphatic heterocycles. The second kappa shape index (κ2) is 5.09. The molecule has 0 aliphatic carbocycles. The smallest absolute Gasteiger partial charge is 0.151 e. The van der Waals surface area contributed by atoms with Crippen molar-refractivity contribution in [1.82, 2.24) is 15.2 Å². The molecule has 16 heavy (non-hydrogen) atoms. The van der Waals surface area contributed by atoms with E-state index in [1.807, 2.05) is 24.3 Å². The third kappa shape index (κ3) is 2.81. The highest BCUT2D eigenvalue weighted by molar-refractivity contribution is 6.30. The van der Waals surface area contributed by atoms with Crippen LogP contribution in [-0.4, -0.2) is 15.2 Å². The van der Waals surface area contributed by atoms with Gasteiger partial charge >= 0.3 is 0 Å². The minimum absolute atomic E-state index is 0.393. The molecule has 0 aliphatic rings. The van der Waals surface area contributed by atoms with E-state index in [0.717, 1.165) is 29.5 Å². The molecule has 3 N–H and O–H groups in total. The first-order valence-corrected chi connectivity index (χ1v) is 5.50. The van der Waals surface area contributed by atoms with E-state index in [2.05, 4.69) is 15.2 Å². The van der Waals surface area contributed by atoms with Crippen molar-refractivity contribution in [3.8, 4) is 0 Å². The average Bonchev–Trinajstić information content (AvgIpc) is 2.74. The van der Waals surface area contributed by atoms with E-state index in [9.17, 15) is 0 Å². The van der Waals surface area contributed by atoms with Gasteiger partial charge in [-0.05, 0) is 24.1 Å². The van der Waals surface area contributed by atoms with Crippen molar-refractivity contribution in [2.24, 2.45) is 5.73 Å². The molecule has 0 bridgehead atoms. The van der Waals surface area contributed by atoms with Crippen LogP contribution in [0.4, 0.5) is 0 Å². The highest BCUT2D eigenvalue weighted by atomic mass is 35.5. The predicted molar refractivity (Wildman–Crippen MR) is 63.1 cm³/mol. The summed E-state index contributed by atoms with van der Waals surface area (Å²) in [6.45, 7) is 0.393. The molecule has 4 nitrogen and oxygen atoms in total. The van der Waals surface area contributed by atoms with Crippen LogP contribution in [0.2, 0.25) is 5.02 Å². The van der Waals surface area contributed by atoms with E-state index in [1.165, 1.54) is 5.56 Å². The van der Waals surface area contributed by atoms with Gasteiger partial charge in [0.15, 0.2) is 5.82 Å². The van der Waals surface area contributed by atoms with Crippen LogP contribution in [0.15, 0.2) is 24.3 Å². The number of hydrogen-bond donors (Lipinski definition) is 2. The van der Waals surface area contributed by atoms with Crippen molar-refractivity contribution in [1.29, 1.82) is 0 Å². The fourth-order valence-corrected chi connectivity index (χ4v) is 1.70. The third-order valence-corrected chi connectivity index (χ3v) is 2.53. The van der Waals surface area contributed by atoms with Crippen molar-refractivity contribution in [3.63, 3.8) is 0 Å². The number of aromatic amines is 1. The summed E-state index contributed by atoms with van der Waals surface area (Å²) in [5, 5.41) is 7.63. The lowest BCUT2D eigenvalue weighted by atomic mass is 10.1. The normalized spacial score (nSPS) is 10.6. The molecule has 0 unspecified atom stereocenters. The van der Waals surface area contributed by atoms with E-state index in [1.54, 1.807) is 0 Å². The largest absolute Gasteiger partial charge is 0.324 e. The maximum Gasteiger partial charge on any atom is 0.151 e. The molecule has 2 aromatic rings. The number of aryl methyl sites for hydroxylation is 2. The summed E-state index contributed by atoms with van der Waals surface area (Å²) in [7, 11) is 0. The Morgan fingerprint density at radius 3 is 2.88 bits per heavy atom. The maximum atomic E-state index is 5.90. The fraction of sp³-hybridized carbons (Fsp3) is 0.273. The number of H-pyrrole nitrogens is 1. The lowest BCUT2D eigenvalue weighted by Crippen LogP contribution is -1.98. The second-order valence-electron chi connectivity index (χ2n) is 3.53. The Morgan fingerprint density at radius 2 is 2.19 bits per heavy atom. The van der Waals surface area contributed by atoms with Crippen LogP contribution in [0, 0.1) is 0 Å². The average molecular weight is 237 g/mol. The van der Waals surface area contributed by atoms with Crippen LogP contribution in [0.5, 0.6) is 0 Å². The zero-order chi connectivity index (χ0) is 11.4. The molecule has 0 fully saturated rings. The summed E-state index contributed by atoms with van der Waals surface area (Å²) in [6, 6.07) is 7.81. The van der Waals surface area contributed by atoms with Gasteiger partial charge in [0.25, 0.3) is 0 Å². The number of aromatic nitrogens is 3. The van der Waals surface area contributed by atoms with Gasteiger partial charge in [-0.25, -0.2) is 4.98 Å². The molecule has 1 heterocycles. The Bertz CT molecular complexity index is 467. The summed E-state index contributed by atoms with van der Waals surface area (Å²) in [6.07, 6.45) is 1.67. The van der Waals surface area contributed by atoms with Crippen LogP contribution >= 0.6 is 11.6 Å². The Kier molecular flexibility index (Phi) is 3.54. The molecule has 0 saturated heterocycles. The van der Waals surface area contributed by atoms with E-state index in [0.29, 0.717) is 6.54 Å². The van der Waals surface area contributed by atoms with Gasteiger partial charge in [-0.3, -0.25) is 5.10 Å². The minimum Gasteiger partial charge on any atom is -0.324 e. The van der Waals surface area contributed by atoms with Crippen molar-refractivity contribution < 1.29 is 0 Å². The van der Waals surface area contributed by atoms with Crippen molar-refractivity contribution in [2.45, 2.75) is 19.4 Å². The number of benzene rings is 1. The van der Waals surface area contributed by atoms with Crippen LogP contribution in [-0.2, 0) is 19.4 Å². The van der Waals surface area contributed by atoms with Crippen molar-refractivity contribution in [3.05, 3.63) is 46.5 Å². The van der Waals surface area contributed by atoms with Crippen molar-refractivity contribution >= 4 is 11.6 Å². The number of halogens is 1. The summed E-state index contributed by atoms with van der Waals surface area (Å²) < 4.78 is 0. The van der Waals surface area contributed by atoms with E-state index >= 15 is 0 Å². The number of nitrogens with two attached hydrogens (primary N) is 1. The number of nitrogens with one attached hydrogen (secondary N) is 1. The molecular weight excluding hydrogens is 224 g/mol. The molecule has 0 radical (unpaired) electrons. The maximum absolute atomic E-state index is 5.90. The van der Waals surface area contributed by atoms with Crippen molar-refractivity contribution in [2.75, 3.05) is 0 Å². The van der Waals surface area contributed by atoms with Crippen LogP contribution < -0.4 is 5.73 Å². The molecule has 0 spiro atoms. The monoisotopic (exact) mass is 236 g/mol. The Balaban J connectivity index is 1.96. The molecule has 84 valence electrons. The highest BCUT2D eigenvalue weighted by Crippen LogP contribution is 2.12. The third-order valence-electron chi connectivity index (χ3n) is 2.30. The van der Waals surface area contributed by atoms with Gasteiger partial charge in [-0.2, -0.15) is 5.10 Å². The Morgan fingerprint density at radius 1 is 1.31 bits per heavy atom. The summed E-state index contributed by atoms with van der Waals surface area (Å²) in [4.78, 5) is 4.24. The van der Waals surface area contributed by atoms with Crippen LogP contribution in [0.25, 0.3) is 0 Å². The first-order chi connectivity index (χ1) is 7.78. The van der Waals surface area contributed by atoms with Gasteiger partial charge in [-0.1, -0.05) is 23.7 Å². The zero-order valence-electron chi connectivity index (χ0n) is 8.78. The number of hydrogen-bond acceptors (Lipinski definition) is 3. The first kappa shape index (κ1) is 11.1. The summed E-state index contributed by atoms with van der Waals surface area (Å²) >= 11 is 5.90. The molecule has 1 aromatic heterocycles. The second-order valence-corrected chi connectivity index (χ2v) is 3.97. The summed E-state index contributed by atoms with van der Waals surface area (Å²) in [5.41, 5.74) is 6.63. The number of rotatable bonds is 4. The molecule has 2 rings (SSSR count). The van der Waals surface area contributed by atoms with Gasteiger partial charge in [0, 0.05) is 11.4 Å². The minimum atomic E-state index is 0.393. The van der Waals surface area contributed by atoms with Gasteiger partial charge < -0.3 is 5.73 Å². The van der Waals surface area contributed by atoms with E-state index in [4.69, 9.17) is 17.3 Å². The quantitative estimate of drug-likeness (QED) is 0.849. The first-order valence-electron chi connectivity index (χ1n) is 5.12. The molecule has 1 aromatic carbocycles. The topological polar surface area (TPSA) is 67.6 Å². The lowest BCUT2D eigenvalue weighted by Gasteiger charge is -1.98. The predicted octanol–water partition coefficient (Wildman–Crippen LogP) is 1.70. The van der Waals surface area contributed by atoms with E-state index in [-0.39, 0.29) is 0 Å². The standard InChI is InChI=1S/C11H13ClN4/c12-9-3-1-2-8(6-9)4-5-10-14-11(7-13)16-15-10/h1-3,6H,4-5,7,13H2,(H,14,15,16). The van der Waals surface area contributed by atoms with Gasteiger partial charge in [0.2, 0.25) is 0 Å². The summed E-state index contributed by atoms with van der Waals surface area (Å²) in [5.74, 6) is 1.52. The van der Waals surface area contributed by atoms with Gasteiger partial charge in [-0.15, -0.1) is 0 Å².